The molecule has 2 saturated heterocycles. The van der Waals surface area contributed by atoms with Gasteiger partial charge in [0.05, 0.1) is 0 Å². The van der Waals surface area contributed by atoms with E-state index in [1.54, 1.807) is 24.3 Å². The first-order chi connectivity index (χ1) is 13.0. The number of ketones is 1. The minimum Gasteiger partial charge on any atom is -0.331 e. The number of halogens is 1. The minimum absolute atomic E-state index is 0.0591. The van der Waals surface area contributed by atoms with Gasteiger partial charge >= 0.3 is 0 Å². The molecule has 0 saturated carbocycles. The number of hydrogen-bond acceptors (Lipinski definition) is 3. The maximum atomic E-state index is 13.7. The van der Waals surface area contributed by atoms with Crippen LogP contribution in [0.1, 0.15) is 46.9 Å². The van der Waals surface area contributed by atoms with Gasteiger partial charge in [0.15, 0.2) is 5.78 Å². The van der Waals surface area contributed by atoms with Gasteiger partial charge in [-0.25, -0.2) is 4.39 Å². The van der Waals surface area contributed by atoms with Crippen LogP contribution < -0.4 is 5.32 Å². The molecule has 1 N–H and O–H groups in total. The van der Waals surface area contributed by atoms with Gasteiger partial charge in [0.1, 0.15) is 5.82 Å². The number of rotatable bonds is 3. The van der Waals surface area contributed by atoms with Crippen molar-refractivity contribution in [1.29, 1.82) is 0 Å². The molecule has 0 aliphatic carbocycles. The molecule has 2 aromatic rings. The van der Waals surface area contributed by atoms with E-state index in [1.165, 1.54) is 25.1 Å². The first-order valence-corrected chi connectivity index (χ1v) is 9.49. The highest BCUT2D eigenvalue weighted by Gasteiger charge is 2.38. The van der Waals surface area contributed by atoms with Crippen LogP contribution in [0.2, 0.25) is 0 Å². The predicted octanol–water partition coefficient (Wildman–Crippen LogP) is 3.66. The molecule has 140 valence electrons. The Morgan fingerprint density at radius 3 is 2.52 bits per heavy atom. The summed E-state index contributed by atoms with van der Waals surface area (Å²) in [5, 5.41) is 3.41. The van der Waals surface area contributed by atoms with Crippen molar-refractivity contribution in [2.75, 3.05) is 13.1 Å². The van der Waals surface area contributed by atoms with Crippen molar-refractivity contribution in [1.82, 2.24) is 10.2 Å². The Balaban J connectivity index is 1.62. The Kier molecular flexibility index (Phi) is 4.79. The highest BCUT2D eigenvalue weighted by Crippen LogP contribution is 2.31. The van der Waals surface area contributed by atoms with E-state index in [1.807, 2.05) is 4.90 Å². The summed E-state index contributed by atoms with van der Waals surface area (Å²) in [6, 6.07) is 11.9. The van der Waals surface area contributed by atoms with Crippen molar-refractivity contribution in [2.24, 2.45) is 0 Å². The summed E-state index contributed by atoms with van der Waals surface area (Å²) in [6.07, 6.45) is 3.11. The molecule has 2 bridgehead atoms. The second kappa shape index (κ2) is 7.24. The quantitative estimate of drug-likeness (QED) is 0.844. The maximum Gasteiger partial charge on any atom is 0.254 e. The smallest absolute Gasteiger partial charge is 0.254 e. The lowest BCUT2D eigenvalue weighted by Crippen LogP contribution is -2.42. The minimum atomic E-state index is -0.385. The fraction of sp³-hybridized carbons (Fsp3) is 0.364. The Labute approximate surface area is 158 Å². The van der Waals surface area contributed by atoms with Crippen molar-refractivity contribution in [3.8, 4) is 11.1 Å². The maximum absolute atomic E-state index is 13.7. The molecule has 2 aromatic carbocycles. The predicted molar refractivity (Wildman–Crippen MR) is 102 cm³/mol. The molecule has 0 unspecified atom stereocenters. The lowest BCUT2D eigenvalue weighted by molar-refractivity contribution is 0.0680. The van der Waals surface area contributed by atoms with Gasteiger partial charge in [-0.15, -0.1) is 0 Å². The fourth-order valence-corrected chi connectivity index (χ4v) is 4.32. The van der Waals surface area contributed by atoms with E-state index in [0.29, 0.717) is 22.7 Å². The second-order valence-electron chi connectivity index (χ2n) is 7.41. The summed E-state index contributed by atoms with van der Waals surface area (Å²) >= 11 is 0. The Bertz CT molecular complexity index is 864. The standard InChI is InChI=1S/C22H23FN2O2/c1-14(26)20-9-6-17(23)12-21(20)15-2-4-16(5-3-15)22(27)25-18-7-8-19(25)13-24-11-10-18/h2-6,9,12,18-19,24H,7-8,10-11,13H2,1H3/t18-,19+/m1/s1. The molecule has 4 nitrogen and oxygen atoms in total. The number of amides is 1. The lowest BCUT2D eigenvalue weighted by Gasteiger charge is -2.28. The monoisotopic (exact) mass is 366 g/mol. The molecule has 0 spiro atoms. The molecular formula is C22H23FN2O2. The van der Waals surface area contributed by atoms with E-state index < -0.39 is 0 Å². The number of carbonyl (C=O) groups is 2. The van der Waals surface area contributed by atoms with Gasteiger partial charge in [-0.3, -0.25) is 9.59 Å². The van der Waals surface area contributed by atoms with Crippen LogP contribution in [0.15, 0.2) is 42.5 Å². The van der Waals surface area contributed by atoms with Crippen molar-refractivity contribution >= 4 is 11.7 Å². The van der Waals surface area contributed by atoms with Crippen LogP contribution in [-0.2, 0) is 0 Å². The van der Waals surface area contributed by atoms with Gasteiger partial charge in [0.2, 0.25) is 0 Å². The molecular weight excluding hydrogens is 343 g/mol. The largest absolute Gasteiger partial charge is 0.331 e. The molecule has 1 amide bonds. The van der Waals surface area contributed by atoms with Crippen LogP contribution in [0.25, 0.3) is 11.1 Å². The summed E-state index contributed by atoms with van der Waals surface area (Å²) in [4.78, 5) is 27.0. The number of benzene rings is 2. The first kappa shape index (κ1) is 17.9. The third kappa shape index (κ3) is 3.39. The molecule has 2 atom stereocenters. The van der Waals surface area contributed by atoms with Gasteiger partial charge < -0.3 is 10.2 Å². The van der Waals surface area contributed by atoms with Crippen LogP contribution in [0.5, 0.6) is 0 Å². The molecule has 2 aliphatic heterocycles. The average molecular weight is 366 g/mol. The fourth-order valence-electron chi connectivity index (χ4n) is 4.32. The Morgan fingerprint density at radius 1 is 1.04 bits per heavy atom. The number of hydrogen-bond donors (Lipinski definition) is 1. The Morgan fingerprint density at radius 2 is 1.78 bits per heavy atom. The molecule has 2 heterocycles. The molecule has 4 rings (SSSR count). The molecule has 5 heteroatoms. The van der Waals surface area contributed by atoms with Crippen LogP contribution >= 0.6 is 0 Å². The summed E-state index contributed by atoms with van der Waals surface area (Å²) in [6.45, 7) is 3.28. The molecule has 0 radical (unpaired) electrons. The molecule has 2 fully saturated rings. The third-order valence-electron chi connectivity index (χ3n) is 5.69. The van der Waals surface area contributed by atoms with Crippen LogP contribution in [0.3, 0.4) is 0 Å². The number of Topliss-reactive ketones (excluding diaryl/α,β-unsaturated/α-hetero) is 1. The van der Waals surface area contributed by atoms with Crippen LogP contribution in [0, 0.1) is 5.82 Å². The summed E-state index contributed by atoms with van der Waals surface area (Å²) < 4.78 is 13.7. The van der Waals surface area contributed by atoms with Gasteiger partial charge in [0.25, 0.3) is 5.91 Å². The van der Waals surface area contributed by atoms with Crippen molar-refractivity contribution in [3.63, 3.8) is 0 Å². The second-order valence-corrected chi connectivity index (χ2v) is 7.41. The van der Waals surface area contributed by atoms with Crippen LogP contribution in [-0.4, -0.2) is 41.8 Å². The SMILES string of the molecule is CC(=O)c1ccc(F)cc1-c1ccc(C(=O)N2[C@H]3CCNC[C@@H]2CC3)cc1. The van der Waals surface area contributed by atoms with Gasteiger partial charge in [-0.05, 0) is 74.2 Å². The highest BCUT2D eigenvalue weighted by atomic mass is 19.1. The third-order valence-corrected chi connectivity index (χ3v) is 5.69. The first-order valence-electron chi connectivity index (χ1n) is 9.49. The topological polar surface area (TPSA) is 49.4 Å². The van der Waals surface area contributed by atoms with E-state index in [2.05, 4.69) is 5.32 Å². The zero-order valence-electron chi connectivity index (χ0n) is 15.4. The summed E-state index contributed by atoms with van der Waals surface area (Å²) in [5.41, 5.74) is 2.41. The van der Waals surface area contributed by atoms with Crippen molar-refractivity contribution in [2.45, 2.75) is 38.3 Å². The van der Waals surface area contributed by atoms with E-state index >= 15 is 0 Å². The number of nitrogens with one attached hydrogen (secondary N) is 1. The van der Waals surface area contributed by atoms with Gasteiger partial charge in [-0.1, -0.05) is 12.1 Å². The van der Waals surface area contributed by atoms with Crippen molar-refractivity contribution < 1.29 is 14.0 Å². The normalized spacial score (nSPS) is 21.8. The Hall–Kier alpha value is -2.53. The number of nitrogens with zero attached hydrogens (tertiary/aromatic N) is 1. The highest BCUT2D eigenvalue weighted by molar-refractivity contribution is 6.01. The molecule has 2 aliphatic rings. The van der Waals surface area contributed by atoms with E-state index in [4.69, 9.17) is 0 Å². The van der Waals surface area contributed by atoms with E-state index in [-0.39, 0.29) is 23.5 Å². The number of carbonyl (C=O) groups excluding carboxylic acids is 2. The lowest BCUT2D eigenvalue weighted by atomic mass is 9.96. The number of fused-ring (bicyclic) bond motifs is 2. The molecule has 0 aromatic heterocycles. The van der Waals surface area contributed by atoms with Gasteiger partial charge in [-0.2, -0.15) is 0 Å². The van der Waals surface area contributed by atoms with E-state index in [0.717, 1.165) is 37.9 Å². The summed E-state index contributed by atoms with van der Waals surface area (Å²) in [7, 11) is 0. The average Bonchev–Trinajstić information content (AvgIpc) is 2.93. The zero-order valence-corrected chi connectivity index (χ0v) is 15.4. The zero-order chi connectivity index (χ0) is 19.0. The summed E-state index contributed by atoms with van der Waals surface area (Å²) in [5.74, 6) is -0.439. The van der Waals surface area contributed by atoms with Crippen molar-refractivity contribution in [3.05, 3.63) is 59.4 Å². The van der Waals surface area contributed by atoms with E-state index in [9.17, 15) is 14.0 Å². The molecule has 27 heavy (non-hydrogen) atoms. The van der Waals surface area contributed by atoms with Crippen LogP contribution in [0.4, 0.5) is 4.39 Å². The van der Waals surface area contributed by atoms with Gasteiger partial charge in [0, 0.05) is 29.8 Å².